The molecule has 2 aromatic rings. The van der Waals surface area contributed by atoms with Gasteiger partial charge in [0.15, 0.2) is 16.4 Å². The highest BCUT2D eigenvalue weighted by atomic mass is 32.2. The summed E-state index contributed by atoms with van der Waals surface area (Å²) < 4.78 is 22.9. The number of sulfone groups is 1. The van der Waals surface area contributed by atoms with Gasteiger partial charge in [0.2, 0.25) is 0 Å². The summed E-state index contributed by atoms with van der Waals surface area (Å²) in [6.45, 7) is -0.246. The molecule has 1 fully saturated rings. The van der Waals surface area contributed by atoms with E-state index in [0.717, 1.165) is 22.3 Å². The summed E-state index contributed by atoms with van der Waals surface area (Å²) >= 11 is 0. The highest BCUT2D eigenvalue weighted by Crippen LogP contribution is 2.36. The van der Waals surface area contributed by atoms with Gasteiger partial charge in [0.1, 0.15) is 5.71 Å². The molecule has 0 spiro atoms. The minimum absolute atomic E-state index is 0.00594. The summed E-state index contributed by atoms with van der Waals surface area (Å²) in [6, 6.07) is 15.5. The number of nitrogens with zero attached hydrogens (tertiary/aromatic N) is 1. The molecule has 7 heteroatoms. The minimum Gasteiger partial charge on any atom is -0.385 e. The number of hydrogen-bond donors (Lipinski definition) is 1. The Labute approximate surface area is 151 Å². The van der Waals surface area contributed by atoms with Crippen molar-refractivity contribution in [2.24, 2.45) is 5.16 Å². The van der Waals surface area contributed by atoms with E-state index >= 15 is 0 Å². The topological polar surface area (TPSA) is 84.8 Å². The van der Waals surface area contributed by atoms with Gasteiger partial charge in [-0.3, -0.25) is 4.79 Å². The van der Waals surface area contributed by atoms with Gasteiger partial charge in [-0.25, -0.2) is 8.42 Å². The third-order valence-corrected chi connectivity index (χ3v) is 6.37. The second kappa shape index (κ2) is 6.57. The maximum Gasteiger partial charge on any atom is 0.261 e. The van der Waals surface area contributed by atoms with Gasteiger partial charge in [0.25, 0.3) is 5.91 Å². The lowest BCUT2D eigenvalue weighted by atomic mass is 10.1. The first kappa shape index (κ1) is 16.8. The third-order valence-electron chi connectivity index (χ3n) is 4.60. The van der Waals surface area contributed by atoms with Crippen LogP contribution in [0.4, 0.5) is 0 Å². The van der Waals surface area contributed by atoms with Crippen LogP contribution < -0.4 is 5.32 Å². The molecule has 1 N–H and O–H groups in total. The molecule has 4 rings (SSSR count). The van der Waals surface area contributed by atoms with E-state index in [4.69, 9.17) is 4.84 Å². The van der Waals surface area contributed by atoms with E-state index in [1.165, 1.54) is 0 Å². The lowest BCUT2D eigenvalue weighted by molar-refractivity contribution is -0.126. The second-order valence-electron chi connectivity index (χ2n) is 6.47. The van der Waals surface area contributed by atoms with E-state index < -0.39 is 9.84 Å². The summed E-state index contributed by atoms with van der Waals surface area (Å²) in [6.07, 6.45) is 0.448. The first-order chi connectivity index (χ1) is 12.5. The third kappa shape index (κ3) is 3.22. The summed E-state index contributed by atoms with van der Waals surface area (Å²) in [5.74, 6) is -0.251. The highest BCUT2D eigenvalue weighted by molar-refractivity contribution is 7.91. The quantitative estimate of drug-likeness (QED) is 0.709. The number of nitrogens with one attached hydrogen (secondary N) is 1. The second-order valence-corrected chi connectivity index (χ2v) is 8.70. The van der Waals surface area contributed by atoms with Crippen molar-refractivity contribution in [3.63, 3.8) is 0 Å². The van der Waals surface area contributed by atoms with Gasteiger partial charge in [-0.05, 0) is 17.5 Å². The van der Waals surface area contributed by atoms with E-state index in [1.54, 1.807) is 0 Å². The molecule has 1 amide bonds. The van der Waals surface area contributed by atoms with E-state index in [2.05, 4.69) is 10.5 Å². The van der Waals surface area contributed by atoms with Gasteiger partial charge in [-0.1, -0.05) is 53.7 Å². The van der Waals surface area contributed by atoms with Crippen molar-refractivity contribution < 1.29 is 18.0 Å². The molecular formula is C19H18N2O4S. The Bertz CT molecular complexity index is 951. The molecule has 1 atom stereocenters. The van der Waals surface area contributed by atoms with Crippen LogP contribution in [0.5, 0.6) is 0 Å². The standard InChI is InChI=1S/C19H18N2O4S/c22-18(20-13-9-10-26(23,24)12-13)11-25-21-19-16-7-3-1-5-14(16)15-6-2-4-8-17(15)19/h1-8,13H,9-12H2,(H,20,22)/t13-/m0/s1. The van der Waals surface area contributed by atoms with Gasteiger partial charge in [0.05, 0.1) is 11.5 Å². The Morgan fingerprint density at radius 2 is 1.62 bits per heavy atom. The van der Waals surface area contributed by atoms with Crippen molar-refractivity contribution >= 4 is 21.5 Å². The number of carbonyl (C=O) groups excluding carboxylic acids is 1. The Kier molecular flexibility index (Phi) is 4.24. The predicted octanol–water partition coefficient (Wildman–Crippen LogP) is 1.74. The summed E-state index contributed by atoms with van der Waals surface area (Å²) in [5, 5.41) is 6.87. The van der Waals surface area contributed by atoms with Crippen LogP contribution >= 0.6 is 0 Å². The lowest BCUT2D eigenvalue weighted by Crippen LogP contribution is -2.37. The minimum atomic E-state index is -3.02. The maximum absolute atomic E-state index is 12.0. The van der Waals surface area contributed by atoms with Crippen molar-refractivity contribution in [3.8, 4) is 11.1 Å². The molecule has 2 aromatic carbocycles. The first-order valence-electron chi connectivity index (χ1n) is 8.42. The SMILES string of the molecule is O=C(CON=C1c2ccccc2-c2ccccc21)N[C@H]1CCS(=O)(=O)C1. The lowest BCUT2D eigenvalue weighted by Gasteiger charge is -2.10. The monoisotopic (exact) mass is 370 g/mol. The number of hydrogen-bond acceptors (Lipinski definition) is 5. The molecule has 0 saturated carbocycles. The molecule has 1 saturated heterocycles. The smallest absolute Gasteiger partial charge is 0.261 e. The van der Waals surface area contributed by atoms with Crippen LogP contribution in [0.1, 0.15) is 17.5 Å². The molecule has 2 aliphatic rings. The zero-order valence-electron chi connectivity index (χ0n) is 14.0. The average molecular weight is 370 g/mol. The van der Waals surface area contributed by atoms with Crippen LogP contribution in [0.3, 0.4) is 0 Å². The van der Waals surface area contributed by atoms with Crippen LogP contribution in [0.25, 0.3) is 11.1 Å². The van der Waals surface area contributed by atoms with E-state index in [1.807, 2.05) is 48.5 Å². The molecule has 1 aliphatic carbocycles. The van der Waals surface area contributed by atoms with Gasteiger partial charge in [0, 0.05) is 17.2 Å². The number of oxime groups is 1. The fraction of sp³-hybridized carbons (Fsp3) is 0.263. The molecule has 0 radical (unpaired) electrons. The van der Waals surface area contributed by atoms with Crippen LogP contribution in [-0.2, 0) is 19.5 Å². The fourth-order valence-electron chi connectivity index (χ4n) is 3.43. The number of carbonyl (C=O) groups is 1. The molecule has 6 nitrogen and oxygen atoms in total. The van der Waals surface area contributed by atoms with Crippen molar-refractivity contribution in [1.82, 2.24) is 5.32 Å². The zero-order chi connectivity index (χ0) is 18.1. The van der Waals surface area contributed by atoms with Crippen molar-refractivity contribution in [2.45, 2.75) is 12.5 Å². The molecule has 0 unspecified atom stereocenters. The largest absolute Gasteiger partial charge is 0.385 e. The van der Waals surface area contributed by atoms with Crippen LogP contribution in [0.15, 0.2) is 53.7 Å². The number of fused-ring (bicyclic) bond motifs is 3. The summed E-state index contributed by atoms with van der Waals surface area (Å²) in [4.78, 5) is 17.3. The normalized spacial score (nSPS) is 19.5. The molecular weight excluding hydrogens is 352 g/mol. The molecule has 0 aromatic heterocycles. The molecule has 1 aliphatic heterocycles. The predicted molar refractivity (Wildman–Crippen MR) is 98.7 cm³/mol. The molecule has 26 heavy (non-hydrogen) atoms. The Balaban J connectivity index is 1.45. The Morgan fingerprint density at radius 1 is 1.04 bits per heavy atom. The number of rotatable bonds is 4. The van der Waals surface area contributed by atoms with Crippen LogP contribution in [0, 0.1) is 0 Å². The van der Waals surface area contributed by atoms with Crippen molar-refractivity contribution in [3.05, 3.63) is 59.7 Å². The fourth-order valence-corrected chi connectivity index (χ4v) is 5.10. The van der Waals surface area contributed by atoms with Crippen molar-refractivity contribution in [1.29, 1.82) is 0 Å². The van der Waals surface area contributed by atoms with Gasteiger partial charge in [-0.15, -0.1) is 0 Å². The summed E-state index contributed by atoms with van der Waals surface area (Å²) in [7, 11) is -3.02. The number of amides is 1. The maximum atomic E-state index is 12.0. The zero-order valence-corrected chi connectivity index (χ0v) is 14.8. The first-order valence-corrected chi connectivity index (χ1v) is 10.2. The van der Waals surface area contributed by atoms with Crippen LogP contribution in [0.2, 0.25) is 0 Å². The highest BCUT2D eigenvalue weighted by Gasteiger charge is 2.29. The average Bonchev–Trinajstić information content (AvgIpc) is 3.13. The number of benzene rings is 2. The van der Waals surface area contributed by atoms with E-state index in [-0.39, 0.29) is 30.1 Å². The molecule has 0 bridgehead atoms. The molecule has 134 valence electrons. The summed E-state index contributed by atoms with van der Waals surface area (Å²) in [5.41, 5.74) is 4.82. The molecule has 1 heterocycles. The van der Waals surface area contributed by atoms with Gasteiger partial charge < -0.3 is 10.2 Å². The van der Waals surface area contributed by atoms with Crippen LogP contribution in [-0.4, -0.2) is 44.2 Å². The van der Waals surface area contributed by atoms with Gasteiger partial charge in [-0.2, -0.15) is 0 Å². The van der Waals surface area contributed by atoms with E-state index in [0.29, 0.717) is 12.1 Å². The Hall–Kier alpha value is -2.67. The van der Waals surface area contributed by atoms with Gasteiger partial charge >= 0.3 is 0 Å². The Morgan fingerprint density at radius 3 is 2.15 bits per heavy atom. The van der Waals surface area contributed by atoms with Crippen molar-refractivity contribution in [2.75, 3.05) is 18.1 Å². The van der Waals surface area contributed by atoms with E-state index in [9.17, 15) is 13.2 Å².